The molecule has 2 unspecified atom stereocenters. The second kappa shape index (κ2) is 6.33. The SMILES string of the molecule is CCOc1ccc2c(c1)N(C1CCC1)C(c1ccc(N)cc1)C2C#N. The first-order valence-corrected chi connectivity index (χ1v) is 9.03. The fourth-order valence-corrected chi connectivity index (χ4v) is 4.02. The Kier molecular flexibility index (Phi) is 4.01. The molecule has 1 fully saturated rings. The fourth-order valence-electron chi connectivity index (χ4n) is 4.02. The topological polar surface area (TPSA) is 62.3 Å². The number of nitrogens with zero attached hydrogens (tertiary/aromatic N) is 2. The zero-order valence-corrected chi connectivity index (χ0v) is 14.5. The quantitative estimate of drug-likeness (QED) is 0.843. The Morgan fingerprint density at radius 1 is 1.20 bits per heavy atom. The van der Waals surface area contributed by atoms with Crippen LogP contribution < -0.4 is 15.4 Å². The molecular formula is C21H23N3O. The Morgan fingerprint density at radius 3 is 2.56 bits per heavy atom. The number of nitrogen functional groups attached to an aromatic ring is 1. The molecule has 2 atom stereocenters. The van der Waals surface area contributed by atoms with Gasteiger partial charge in [-0.05, 0) is 55.5 Å². The van der Waals surface area contributed by atoms with Crippen LogP contribution in [0.15, 0.2) is 42.5 Å². The van der Waals surface area contributed by atoms with E-state index < -0.39 is 0 Å². The molecular weight excluding hydrogens is 310 g/mol. The molecule has 4 rings (SSSR count). The Bertz CT molecular complexity index is 805. The van der Waals surface area contributed by atoms with Crippen LogP contribution in [0.3, 0.4) is 0 Å². The van der Waals surface area contributed by atoms with Gasteiger partial charge in [0, 0.05) is 23.5 Å². The van der Waals surface area contributed by atoms with Crippen molar-refractivity contribution in [3.63, 3.8) is 0 Å². The van der Waals surface area contributed by atoms with Crippen LogP contribution in [0.25, 0.3) is 0 Å². The summed E-state index contributed by atoms with van der Waals surface area (Å²) in [6, 6.07) is 17.2. The van der Waals surface area contributed by atoms with Gasteiger partial charge in [0.1, 0.15) is 5.75 Å². The summed E-state index contributed by atoms with van der Waals surface area (Å²) in [7, 11) is 0. The van der Waals surface area contributed by atoms with Crippen LogP contribution in [0.5, 0.6) is 5.75 Å². The van der Waals surface area contributed by atoms with Crippen molar-refractivity contribution in [3.05, 3.63) is 53.6 Å². The van der Waals surface area contributed by atoms with Crippen molar-refractivity contribution >= 4 is 11.4 Å². The number of hydrogen-bond acceptors (Lipinski definition) is 4. The van der Waals surface area contributed by atoms with E-state index in [2.05, 4.69) is 35.2 Å². The summed E-state index contributed by atoms with van der Waals surface area (Å²) >= 11 is 0. The molecule has 0 amide bonds. The molecule has 2 aliphatic rings. The predicted octanol–water partition coefficient (Wildman–Crippen LogP) is 4.39. The molecule has 2 aromatic carbocycles. The number of nitrogens with two attached hydrogens (primary N) is 1. The lowest BCUT2D eigenvalue weighted by atomic mass is 9.87. The second-order valence-corrected chi connectivity index (χ2v) is 6.86. The van der Waals surface area contributed by atoms with Gasteiger partial charge in [0.05, 0.1) is 24.6 Å². The van der Waals surface area contributed by atoms with E-state index in [1.165, 1.54) is 19.3 Å². The van der Waals surface area contributed by atoms with Gasteiger partial charge in [-0.3, -0.25) is 0 Å². The van der Waals surface area contributed by atoms with Crippen molar-refractivity contribution in [2.24, 2.45) is 0 Å². The van der Waals surface area contributed by atoms with Gasteiger partial charge in [0.25, 0.3) is 0 Å². The second-order valence-electron chi connectivity index (χ2n) is 6.86. The molecule has 0 aromatic heterocycles. The molecule has 2 N–H and O–H groups in total. The highest BCUT2D eigenvalue weighted by Gasteiger charge is 2.44. The maximum absolute atomic E-state index is 9.93. The minimum atomic E-state index is -0.171. The summed E-state index contributed by atoms with van der Waals surface area (Å²) in [6.45, 7) is 2.64. The third-order valence-electron chi connectivity index (χ3n) is 5.43. The molecule has 0 bridgehead atoms. The van der Waals surface area contributed by atoms with Gasteiger partial charge in [-0.1, -0.05) is 18.2 Å². The van der Waals surface area contributed by atoms with Gasteiger partial charge in [-0.2, -0.15) is 5.26 Å². The van der Waals surface area contributed by atoms with E-state index in [9.17, 15) is 5.26 Å². The average Bonchev–Trinajstić information content (AvgIpc) is 2.88. The van der Waals surface area contributed by atoms with Crippen LogP contribution in [0.1, 0.15) is 49.3 Å². The maximum atomic E-state index is 9.93. The number of rotatable bonds is 4. The van der Waals surface area contributed by atoms with Crippen molar-refractivity contribution in [1.29, 1.82) is 5.26 Å². The third-order valence-corrected chi connectivity index (χ3v) is 5.43. The predicted molar refractivity (Wildman–Crippen MR) is 99.7 cm³/mol. The Hall–Kier alpha value is -2.67. The fraction of sp³-hybridized carbons (Fsp3) is 0.381. The number of nitriles is 1. The minimum Gasteiger partial charge on any atom is -0.494 e. The summed E-state index contributed by atoms with van der Waals surface area (Å²) in [5, 5.41) is 9.93. The Labute approximate surface area is 148 Å². The molecule has 1 aliphatic carbocycles. The third kappa shape index (κ3) is 2.60. The van der Waals surface area contributed by atoms with Crippen LogP contribution in [-0.4, -0.2) is 12.6 Å². The number of hydrogen-bond donors (Lipinski definition) is 1. The van der Waals surface area contributed by atoms with E-state index in [1.807, 2.05) is 25.1 Å². The maximum Gasteiger partial charge on any atom is 0.121 e. The first-order chi connectivity index (χ1) is 12.2. The highest BCUT2D eigenvalue weighted by molar-refractivity contribution is 5.68. The summed E-state index contributed by atoms with van der Waals surface area (Å²) < 4.78 is 5.71. The zero-order valence-electron chi connectivity index (χ0n) is 14.5. The van der Waals surface area contributed by atoms with Crippen LogP contribution in [0.4, 0.5) is 11.4 Å². The lowest BCUT2D eigenvalue weighted by molar-refractivity contribution is 0.339. The average molecular weight is 333 g/mol. The number of anilines is 2. The van der Waals surface area contributed by atoms with Crippen LogP contribution in [0.2, 0.25) is 0 Å². The van der Waals surface area contributed by atoms with E-state index in [1.54, 1.807) is 0 Å². The van der Waals surface area contributed by atoms with Gasteiger partial charge in [0.2, 0.25) is 0 Å². The van der Waals surface area contributed by atoms with Crippen molar-refractivity contribution in [3.8, 4) is 11.8 Å². The number of benzene rings is 2. The summed E-state index contributed by atoms with van der Waals surface area (Å²) in [4.78, 5) is 2.46. The summed E-state index contributed by atoms with van der Waals surface area (Å²) in [5.74, 6) is 0.704. The largest absolute Gasteiger partial charge is 0.494 e. The molecule has 128 valence electrons. The van der Waals surface area contributed by atoms with Crippen LogP contribution in [-0.2, 0) is 0 Å². The smallest absolute Gasteiger partial charge is 0.121 e. The molecule has 2 aromatic rings. The van der Waals surface area contributed by atoms with Crippen molar-refractivity contribution in [1.82, 2.24) is 0 Å². The van der Waals surface area contributed by atoms with E-state index in [4.69, 9.17) is 10.5 Å². The lowest BCUT2D eigenvalue weighted by Crippen LogP contribution is -2.41. The van der Waals surface area contributed by atoms with Gasteiger partial charge < -0.3 is 15.4 Å². The van der Waals surface area contributed by atoms with Gasteiger partial charge in [0.15, 0.2) is 0 Å². The van der Waals surface area contributed by atoms with Gasteiger partial charge >= 0.3 is 0 Å². The first-order valence-electron chi connectivity index (χ1n) is 9.03. The van der Waals surface area contributed by atoms with Gasteiger partial charge in [-0.25, -0.2) is 0 Å². The molecule has 1 aliphatic heterocycles. The van der Waals surface area contributed by atoms with Crippen LogP contribution in [0, 0.1) is 11.3 Å². The Balaban J connectivity index is 1.82. The minimum absolute atomic E-state index is 0.0442. The van der Waals surface area contributed by atoms with Gasteiger partial charge in [-0.15, -0.1) is 0 Å². The van der Waals surface area contributed by atoms with Crippen molar-refractivity contribution in [2.45, 2.75) is 44.2 Å². The molecule has 0 radical (unpaired) electrons. The molecule has 4 nitrogen and oxygen atoms in total. The zero-order chi connectivity index (χ0) is 17.4. The van der Waals surface area contributed by atoms with Crippen LogP contribution >= 0.6 is 0 Å². The summed E-state index contributed by atoms with van der Waals surface area (Å²) in [5.41, 5.74) is 10.0. The van der Waals surface area contributed by atoms with E-state index >= 15 is 0 Å². The molecule has 0 spiro atoms. The lowest BCUT2D eigenvalue weighted by Gasteiger charge is -2.41. The summed E-state index contributed by atoms with van der Waals surface area (Å²) in [6.07, 6.45) is 3.62. The number of ether oxygens (including phenoxy) is 1. The van der Waals surface area contributed by atoms with E-state index in [0.717, 1.165) is 28.3 Å². The highest BCUT2D eigenvalue weighted by Crippen LogP contribution is 2.53. The molecule has 1 saturated carbocycles. The Morgan fingerprint density at radius 2 is 1.96 bits per heavy atom. The molecule has 4 heteroatoms. The first kappa shape index (κ1) is 15.8. The highest BCUT2D eigenvalue weighted by atomic mass is 16.5. The molecule has 1 heterocycles. The van der Waals surface area contributed by atoms with Crippen molar-refractivity contribution < 1.29 is 4.74 Å². The molecule has 25 heavy (non-hydrogen) atoms. The van der Waals surface area contributed by atoms with E-state index in [0.29, 0.717) is 12.6 Å². The monoisotopic (exact) mass is 333 g/mol. The van der Waals surface area contributed by atoms with E-state index in [-0.39, 0.29) is 12.0 Å². The number of fused-ring (bicyclic) bond motifs is 1. The van der Waals surface area contributed by atoms with Crippen molar-refractivity contribution in [2.75, 3.05) is 17.2 Å². The molecule has 0 saturated heterocycles. The standard InChI is InChI=1S/C21H23N3O/c1-2-25-17-10-11-18-19(13-22)21(14-6-8-15(23)9-7-14)24(20(18)12-17)16-4-3-5-16/h6-12,16,19,21H,2-5,23H2,1H3. The normalized spacial score (nSPS) is 22.2.